The molecule has 4 heteroatoms. The van der Waals surface area contributed by atoms with E-state index in [0.717, 1.165) is 12.0 Å². The molecule has 0 atom stereocenters. The van der Waals surface area contributed by atoms with Crippen LogP contribution >= 0.6 is 0 Å². The first-order chi connectivity index (χ1) is 8.44. The first-order valence-electron chi connectivity index (χ1n) is 6.05. The van der Waals surface area contributed by atoms with Gasteiger partial charge in [0.15, 0.2) is 0 Å². The maximum absolute atomic E-state index is 11.5. The Morgan fingerprint density at radius 2 is 2.00 bits per heavy atom. The summed E-state index contributed by atoms with van der Waals surface area (Å²) < 4.78 is 5.18. The number of methoxy groups -OCH3 is 1. The van der Waals surface area contributed by atoms with Crippen molar-refractivity contribution in [3.8, 4) is 11.5 Å². The van der Waals surface area contributed by atoms with Gasteiger partial charge in [0.2, 0.25) is 0 Å². The molecule has 0 radical (unpaired) electrons. The number of carboxylic acids is 1. The summed E-state index contributed by atoms with van der Waals surface area (Å²) in [5, 5.41) is 19.8. The Bertz CT molecular complexity index is 501. The Hall–Kier alpha value is -1.71. The lowest BCUT2D eigenvalue weighted by Crippen LogP contribution is -2.43. The van der Waals surface area contributed by atoms with E-state index in [1.165, 1.54) is 7.11 Å². The van der Waals surface area contributed by atoms with Crippen LogP contribution < -0.4 is 4.74 Å². The van der Waals surface area contributed by atoms with Gasteiger partial charge in [-0.1, -0.05) is 6.42 Å². The standard InChI is InChI=1S/C14H18O4/c1-8-7-10(18-3)9(2)12(15)11(8)14(13(16)17)5-4-6-14/h7,15H,4-6H2,1-3H3,(H,16,17). The van der Waals surface area contributed by atoms with E-state index in [2.05, 4.69) is 0 Å². The minimum atomic E-state index is -0.912. The zero-order valence-electron chi connectivity index (χ0n) is 10.9. The summed E-state index contributed by atoms with van der Waals surface area (Å²) in [6.45, 7) is 3.56. The maximum atomic E-state index is 11.5. The molecule has 1 saturated carbocycles. The van der Waals surface area contributed by atoms with Crippen LogP contribution in [0, 0.1) is 13.8 Å². The van der Waals surface area contributed by atoms with E-state index in [0.29, 0.717) is 29.7 Å². The van der Waals surface area contributed by atoms with Crippen LogP contribution in [0.1, 0.15) is 36.0 Å². The molecule has 2 N–H and O–H groups in total. The van der Waals surface area contributed by atoms with Gasteiger partial charge in [0, 0.05) is 11.1 Å². The van der Waals surface area contributed by atoms with Crippen molar-refractivity contribution in [3.63, 3.8) is 0 Å². The molecule has 0 aromatic heterocycles. The van der Waals surface area contributed by atoms with Crippen molar-refractivity contribution in [1.82, 2.24) is 0 Å². The van der Waals surface area contributed by atoms with Crippen molar-refractivity contribution in [2.75, 3.05) is 7.11 Å². The summed E-state index contributed by atoms with van der Waals surface area (Å²) in [5.41, 5.74) is 1.02. The van der Waals surface area contributed by atoms with Crippen molar-refractivity contribution in [1.29, 1.82) is 0 Å². The highest BCUT2D eigenvalue weighted by atomic mass is 16.5. The van der Waals surface area contributed by atoms with Crippen molar-refractivity contribution < 1.29 is 19.7 Å². The van der Waals surface area contributed by atoms with Crippen LogP contribution in [-0.4, -0.2) is 23.3 Å². The summed E-state index contributed by atoms with van der Waals surface area (Å²) >= 11 is 0. The Morgan fingerprint density at radius 1 is 1.39 bits per heavy atom. The van der Waals surface area contributed by atoms with Gasteiger partial charge in [-0.05, 0) is 38.3 Å². The normalized spacial score (nSPS) is 17.1. The average Bonchev–Trinajstić information content (AvgIpc) is 2.26. The highest BCUT2D eigenvalue weighted by Gasteiger charge is 2.48. The second kappa shape index (κ2) is 4.19. The number of hydrogen-bond donors (Lipinski definition) is 2. The quantitative estimate of drug-likeness (QED) is 0.865. The van der Waals surface area contributed by atoms with E-state index in [4.69, 9.17) is 4.74 Å². The van der Waals surface area contributed by atoms with Gasteiger partial charge < -0.3 is 14.9 Å². The smallest absolute Gasteiger partial charge is 0.314 e. The Labute approximate surface area is 106 Å². The van der Waals surface area contributed by atoms with Gasteiger partial charge in [-0.25, -0.2) is 0 Å². The number of benzene rings is 1. The Morgan fingerprint density at radius 3 is 2.39 bits per heavy atom. The van der Waals surface area contributed by atoms with E-state index in [-0.39, 0.29) is 5.75 Å². The Balaban J connectivity index is 2.65. The fourth-order valence-corrected chi connectivity index (χ4v) is 2.79. The molecular weight excluding hydrogens is 232 g/mol. The molecule has 1 aliphatic carbocycles. The molecule has 0 saturated heterocycles. The average molecular weight is 250 g/mol. The molecule has 1 aromatic rings. The molecule has 1 aromatic carbocycles. The number of hydrogen-bond acceptors (Lipinski definition) is 3. The van der Waals surface area contributed by atoms with Crippen LogP contribution in [0.15, 0.2) is 6.07 Å². The molecule has 98 valence electrons. The monoisotopic (exact) mass is 250 g/mol. The minimum Gasteiger partial charge on any atom is -0.507 e. The van der Waals surface area contributed by atoms with E-state index in [1.54, 1.807) is 13.0 Å². The van der Waals surface area contributed by atoms with E-state index >= 15 is 0 Å². The molecule has 0 unspecified atom stereocenters. The van der Waals surface area contributed by atoms with Crippen molar-refractivity contribution >= 4 is 5.97 Å². The third-order valence-electron chi connectivity index (χ3n) is 4.02. The summed E-state index contributed by atoms with van der Waals surface area (Å²) in [6.07, 6.45) is 2.06. The maximum Gasteiger partial charge on any atom is 0.314 e. The number of aromatic hydroxyl groups is 1. The second-order valence-electron chi connectivity index (χ2n) is 4.99. The Kier molecular flexibility index (Phi) is 2.97. The van der Waals surface area contributed by atoms with Crippen molar-refractivity contribution in [3.05, 3.63) is 22.8 Å². The molecule has 1 fully saturated rings. The molecular formula is C14H18O4. The largest absolute Gasteiger partial charge is 0.507 e. The van der Waals surface area contributed by atoms with Gasteiger partial charge >= 0.3 is 5.97 Å². The number of carboxylic acid groups (broad SMARTS) is 1. The summed E-state index contributed by atoms with van der Waals surface area (Å²) in [5.74, 6) is -0.195. The lowest BCUT2D eigenvalue weighted by Gasteiger charge is -2.39. The SMILES string of the molecule is COc1cc(C)c(C2(C(=O)O)CCC2)c(O)c1C. The highest BCUT2D eigenvalue weighted by molar-refractivity contribution is 5.85. The number of phenols is 1. The van der Waals surface area contributed by atoms with Crippen molar-refractivity contribution in [2.24, 2.45) is 0 Å². The summed E-state index contributed by atoms with van der Waals surface area (Å²) in [6, 6.07) is 1.80. The number of aliphatic carboxylic acids is 1. The third-order valence-corrected chi connectivity index (χ3v) is 4.02. The van der Waals surface area contributed by atoms with Crippen LogP contribution in [-0.2, 0) is 10.2 Å². The van der Waals surface area contributed by atoms with Gasteiger partial charge in [0.1, 0.15) is 11.5 Å². The topological polar surface area (TPSA) is 66.8 Å². The predicted octanol–water partition coefficient (Wildman–Crippen LogP) is 2.52. The molecule has 0 aliphatic heterocycles. The molecule has 0 heterocycles. The zero-order chi connectivity index (χ0) is 13.5. The fourth-order valence-electron chi connectivity index (χ4n) is 2.79. The number of ether oxygens (including phenoxy) is 1. The third kappa shape index (κ3) is 1.55. The molecule has 0 bridgehead atoms. The van der Waals surface area contributed by atoms with E-state index < -0.39 is 11.4 Å². The van der Waals surface area contributed by atoms with E-state index in [1.807, 2.05) is 6.92 Å². The lowest BCUT2D eigenvalue weighted by atomic mass is 9.63. The second-order valence-corrected chi connectivity index (χ2v) is 4.99. The molecule has 4 nitrogen and oxygen atoms in total. The molecule has 2 rings (SSSR count). The zero-order valence-corrected chi connectivity index (χ0v) is 10.9. The molecule has 18 heavy (non-hydrogen) atoms. The summed E-state index contributed by atoms with van der Waals surface area (Å²) in [4.78, 5) is 11.5. The lowest BCUT2D eigenvalue weighted by molar-refractivity contribution is -0.147. The number of phenolic OH excluding ortho intramolecular Hbond substituents is 1. The first kappa shape index (κ1) is 12.7. The minimum absolute atomic E-state index is 0.0638. The fraction of sp³-hybridized carbons (Fsp3) is 0.500. The number of carbonyl (C=O) groups is 1. The van der Waals surface area contributed by atoms with Gasteiger partial charge in [-0.3, -0.25) is 4.79 Å². The highest BCUT2D eigenvalue weighted by Crippen LogP contribution is 2.50. The predicted molar refractivity (Wildman–Crippen MR) is 67.3 cm³/mol. The summed E-state index contributed by atoms with van der Waals surface area (Å²) in [7, 11) is 1.54. The van der Waals surface area contributed by atoms with Gasteiger partial charge in [0.25, 0.3) is 0 Å². The molecule has 0 amide bonds. The van der Waals surface area contributed by atoms with Crippen LogP contribution in [0.25, 0.3) is 0 Å². The van der Waals surface area contributed by atoms with Crippen LogP contribution in [0.4, 0.5) is 0 Å². The van der Waals surface area contributed by atoms with Crippen molar-refractivity contribution in [2.45, 2.75) is 38.5 Å². The van der Waals surface area contributed by atoms with Crippen LogP contribution in [0.2, 0.25) is 0 Å². The molecule has 0 spiro atoms. The van der Waals surface area contributed by atoms with Gasteiger partial charge in [-0.15, -0.1) is 0 Å². The first-order valence-corrected chi connectivity index (χ1v) is 6.05. The van der Waals surface area contributed by atoms with Crippen LogP contribution in [0.3, 0.4) is 0 Å². The molecule has 1 aliphatic rings. The number of aryl methyl sites for hydroxylation is 1. The van der Waals surface area contributed by atoms with Crippen LogP contribution in [0.5, 0.6) is 11.5 Å². The van der Waals surface area contributed by atoms with E-state index in [9.17, 15) is 15.0 Å². The van der Waals surface area contributed by atoms with Gasteiger partial charge in [-0.2, -0.15) is 0 Å². The van der Waals surface area contributed by atoms with Gasteiger partial charge in [0.05, 0.1) is 12.5 Å². The number of rotatable bonds is 3.